The molecule has 0 radical (unpaired) electrons. The highest BCUT2D eigenvalue weighted by molar-refractivity contribution is 6.29. The van der Waals surface area contributed by atoms with Gasteiger partial charge in [0.05, 0.1) is 18.2 Å². The van der Waals surface area contributed by atoms with Gasteiger partial charge in [0, 0.05) is 18.0 Å². The van der Waals surface area contributed by atoms with Crippen LogP contribution in [0, 0.1) is 0 Å². The molecule has 0 aliphatic carbocycles. The second-order valence-electron chi connectivity index (χ2n) is 7.18. The van der Waals surface area contributed by atoms with Gasteiger partial charge in [-0.05, 0) is 43.5 Å². The van der Waals surface area contributed by atoms with E-state index in [1.165, 1.54) is 0 Å². The Morgan fingerprint density at radius 1 is 1.33 bits per heavy atom. The second-order valence-corrected chi connectivity index (χ2v) is 7.57. The summed E-state index contributed by atoms with van der Waals surface area (Å²) in [4.78, 5) is 8.83. The molecule has 8 heteroatoms. The first-order valence-corrected chi connectivity index (χ1v) is 9.14. The van der Waals surface area contributed by atoms with Gasteiger partial charge in [-0.2, -0.15) is 9.78 Å². The van der Waals surface area contributed by atoms with E-state index in [0.717, 1.165) is 30.2 Å². The van der Waals surface area contributed by atoms with Crippen molar-refractivity contribution < 1.29 is 9.42 Å². The van der Waals surface area contributed by atoms with Crippen molar-refractivity contribution in [2.24, 2.45) is 0 Å². The smallest absolute Gasteiger partial charge is 0.352 e. The van der Waals surface area contributed by atoms with E-state index < -0.39 is 0 Å². The summed E-state index contributed by atoms with van der Waals surface area (Å²) in [6.07, 6.45) is 8.73. The zero-order valence-electron chi connectivity index (χ0n) is 15.5. The SMILES string of the molecule is COc1cc(Nc2nc3[n+]([nH]2)CC=CCC3(C)C)ccc1-n1cnc(Cl)c1. The van der Waals surface area contributed by atoms with Gasteiger partial charge in [-0.1, -0.05) is 17.7 Å². The maximum Gasteiger partial charge on any atom is 0.352 e. The van der Waals surface area contributed by atoms with Gasteiger partial charge in [-0.3, -0.25) is 0 Å². The fourth-order valence-electron chi connectivity index (χ4n) is 3.26. The van der Waals surface area contributed by atoms with Crippen LogP contribution in [0.3, 0.4) is 0 Å². The van der Waals surface area contributed by atoms with Gasteiger partial charge < -0.3 is 14.6 Å². The number of aromatic nitrogens is 5. The standard InChI is InChI=1S/C19H21ClN6O/c1-19(2)8-4-5-9-26-17(19)23-18(24-26)22-13-6-7-14(15(10-13)27-3)25-11-16(20)21-12-25/h4-7,10-12H,8-9H2,1-3H3,(H,22,24)/p+1. The van der Waals surface area contributed by atoms with E-state index in [-0.39, 0.29) is 5.41 Å². The number of ether oxygens (including phenoxy) is 1. The van der Waals surface area contributed by atoms with Crippen molar-refractivity contribution in [2.75, 3.05) is 12.4 Å². The number of aromatic amines is 1. The number of hydrogen-bond donors (Lipinski definition) is 2. The molecule has 3 aromatic rings. The lowest BCUT2D eigenvalue weighted by Crippen LogP contribution is -2.43. The highest BCUT2D eigenvalue weighted by Crippen LogP contribution is 2.29. The minimum atomic E-state index is -0.0222. The first-order chi connectivity index (χ1) is 13.0. The van der Waals surface area contributed by atoms with E-state index >= 15 is 0 Å². The van der Waals surface area contributed by atoms with E-state index in [9.17, 15) is 0 Å². The zero-order chi connectivity index (χ0) is 19.0. The molecule has 1 aliphatic heterocycles. The number of methoxy groups -OCH3 is 1. The molecule has 0 saturated carbocycles. The summed E-state index contributed by atoms with van der Waals surface area (Å²) in [6.45, 7) is 5.19. The summed E-state index contributed by atoms with van der Waals surface area (Å²) in [7, 11) is 1.64. The van der Waals surface area contributed by atoms with Crippen LogP contribution in [0.25, 0.3) is 5.69 Å². The summed E-state index contributed by atoms with van der Waals surface area (Å²) in [5.74, 6) is 2.44. The number of benzene rings is 1. The largest absolute Gasteiger partial charge is 0.494 e. The Bertz CT molecular complexity index is 1000. The van der Waals surface area contributed by atoms with Crippen LogP contribution >= 0.6 is 11.6 Å². The lowest BCUT2D eigenvalue weighted by atomic mass is 9.89. The molecule has 0 atom stereocenters. The molecule has 0 unspecified atom stereocenters. The number of halogens is 1. The Morgan fingerprint density at radius 3 is 2.93 bits per heavy atom. The minimum Gasteiger partial charge on any atom is -0.494 e. The average molecular weight is 386 g/mol. The van der Waals surface area contributed by atoms with E-state index in [4.69, 9.17) is 21.3 Å². The van der Waals surface area contributed by atoms with Crippen molar-refractivity contribution in [1.29, 1.82) is 0 Å². The van der Waals surface area contributed by atoms with Crippen molar-refractivity contribution in [3.05, 3.63) is 53.9 Å². The van der Waals surface area contributed by atoms with Gasteiger partial charge in [0.2, 0.25) is 0 Å². The molecule has 0 amide bonds. The molecule has 0 fully saturated rings. The Hall–Kier alpha value is -2.80. The fraction of sp³-hybridized carbons (Fsp3) is 0.316. The van der Waals surface area contributed by atoms with E-state index in [1.54, 1.807) is 19.6 Å². The molecule has 140 valence electrons. The third-order valence-corrected chi connectivity index (χ3v) is 4.87. The van der Waals surface area contributed by atoms with Crippen LogP contribution < -0.4 is 14.7 Å². The lowest BCUT2D eigenvalue weighted by Gasteiger charge is -2.13. The molecule has 0 saturated heterocycles. The van der Waals surface area contributed by atoms with Gasteiger partial charge in [0.25, 0.3) is 0 Å². The first kappa shape index (κ1) is 17.6. The van der Waals surface area contributed by atoms with Crippen LogP contribution in [0.15, 0.2) is 42.9 Å². The molecular weight excluding hydrogens is 364 g/mol. The van der Waals surface area contributed by atoms with Gasteiger partial charge in [-0.15, -0.1) is 0 Å². The van der Waals surface area contributed by atoms with Crippen LogP contribution in [0.5, 0.6) is 5.75 Å². The minimum absolute atomic E-state index is 0.0222. The Kier molecular flexibility index (Phi) is 4.39. The van der Waals surface area contributed by atoms with Crippen molar-refractivity contribution in [3.8, 4) is 11.4 Å². The number of fused-ring (bicyclic) bond motifs is 1. The molecule has 4 rings (SSSR count). The molecule has 7 nitrogen and oxygen atoms in total. The van der Waals surface area contributed by atoms with E-state index in [1.807, 2.05) is 22.8 Å². The average Bonchev–Trinajstić information content (AvgIpc) is 3.22. The molecule has 2 N–H and O–H groups in total. The number of H-pyrrole nitrogens is 1. The van der Waals surface area contributed by atoms with Crippen molar-refractivity contribution in [1.82, 2.24) is 19.6 Å². The third kappa shape index (κ3) is 3.42. The number of hydrogen-bond acceptors (Lipinski definition) is 4. The maximum absolute atomic E-state index is 5.92. The number of rotatable bonds is 4. The molecule has 0 bridgehead atoms. The first-order valence-electron chi connectivity index (χ1n) is 8.76. The summed E-state index contributed by atoms with van der Waals surface area (Å²) in [6, 6.07) is 5.84. The van der Waals surface area contributed by atoms with Crippen LogP contribution in [0.1, 0.15) is 26.1 Å². The van der Waals surface area contributed by atoms with Crippen LogP contribution in [-0.4, -0.2) is 26.7 Å². The van der Waals surface area contributed by atoms with Gasteiger partial charge in [-0.25, -0.2) is 4.98 Å². The van der Waals surface area contributed by atoms with Crippen molar-refractivity contribution >= 4 is 23.2 Å². The Balaban J connectivity index is 1.63. The lowest BCUT2D eigenvalue weighted by molar-refractivity contribution is -0.750. The summed E-state index contributed by atoms with van der Waals surface area (Å²) in [5, 5.41) is 7.11. The summed E-state index contributed by atoms with van der Waals surface area (Å²) in [5.41, 5.74) is 1.71. The number of imidazole rings is 1. The van der Waals surface area contributed by atoms with Crippen LogP contribution in [0.2, 0.25) is 5.15 Å². The molecule has 2 aromatic heterocycles. The van der Waals surface area contributed by atoms with E-state index in [2.05, 4.69) is 46.1 Å². The van der Waals surface area contributed by atoms with Crippen molar-refractivity contribution in [2.45, 2.75) is 32.2 Å². The van der Waals surface area contributed by atoms with Gasteiger partial charge >= 0.3 is 11.8 Å². The predicted molar refractivity (Wildman–Crippen MR) is 104 cm³/mol. The van der Waals surface area contributed by atoms with E-state index in [0.29, 0.717) is 16.9 Å². The predicted octanol–water partition coefficient (Wildman–Crippen LogP) is 3.53. The van der Waals surface area contributed by atoms with Gasteiger partial charge in [0.1, 0.15) is 23.8 Å². The number of anilines is 2. The molecule has 3 heterocycles. The molecular formula is C19H22ClN6O+. The molecule has 0 spiro atoms. The molecule has 1 aliphatic rings. The zero-order valence-corrected chi connectivity index (χ0v) is 16.3. The molecule has 1 aromatic carbocycles. The highest BCUT2D eigenvalue weighted by atomic mass is 35.5. The summed E-state index contributed by atoms with van der Waals surface area (Å²) >= 11 is 5.92. The van der Waals surface area contributed by atoms with Gasteiger partial charge in [0.15, 0.2) is 0 Å². The monoisotopic (exact) mass is 385 g/mol. The number of allylic oxidation sites excluding steroid dienone is 2. The fourth-order valence-corrected chi connectivity index (χ4v) is 3.41. The third-order valence-electron chi connectivity index (χ3n) is 4.67. The quantitative estimate of drug-likeness (QED) is 0.532. The summed E-state index contributed by atoms with van der Waals surface area (Å²) < 4.78 is 9.44. The normalized spacial score (nSPS) is 15.3. The molecule has 27 heavy (non-hydrogen) atoms. The van der Waals surface area contributed by atoms with Crippen molar-refractivity contribution in [3.63, 3.8) is 0 Å². The number of nitrogens with one attached hydrogen (secondary N) is 2. The van der Waals surface area contributed by atoms with Crippen LogP contribution in [-0.2, 0) is 12.0 Å². The number of nitrogens with zero attached hydrogens (tertiary/aromatic N) is 4. The Morgan fingerprint density at radius 2 is 2.19 bits per heavy atom. The maximum atomic E-state index is 5.92. The highest BCUT2D eigenvalue weighted by Gasteiger charge is 2.36. The topological polar surface area (TPSA) is 71.6 Å². The second kappa shape index (κ2) is 6.74. The van der Waals surface area contributed by atoms with Crippen LogP contribution in [0.4, 0.5) is 11.6 Å². The Labute approximate surface area is 162 Å².